The van der Waals surface area contributed by atoms with Crippen LogP contribution in [0.2, 0.25) is 0 Å². The van der Waals surface area contributed by atoms with Gasteiger partial charge in [-0.3, -0.25) is 9.59 Å². The van der Waals surface area contributed by atoms with Gasteiger partial charge in [0.2, 0.25) is 11.8 Å². The molecule has 0 bridgehead atoms. The van der Waals surface area contributed by atoms with Crippen LogP contribution in [0, 0.1) is 18.3 Å². The highest BCUT2D eigenvalue weighted by Crippen LogP contribution is 2.33. The Balaban J connectivity index is 1.73. The highest BCUT2D eigenvalue weighted by molar-refractivity contribution is 6.04. The Kier molecular flexibility index (Phi) is 4.71. The van der Waals surface area contributed by atoms with E-state index >= 15 is 0 Å². The van der Waals surface area contributed by atoms with Crippen molar-refractivity contribution in [1.82, 2.24) is 0 Å². The molecule has 1 aliphatic rings. The minimum absolute atomic E-state index is 0.0953. The number of methoxy groups -OCH3 is 1. The predicted octanol–water partition coefficient (Wildman–Crippen LogP) is 2.67. The van der Waals surface area contributed by atoms with Gasteiger partial charge in [-0.25, -0.2) is 0 Å². The summed E-state index contributed by atoms with van der Waals surface area (Å²) in [6.45, 7) is 0.319. The van der Waals surface area contributed by atoms with E-state index in [9.17, 15) is 9.59 Å². The zero-order valence-electron chi connectivity index (χ0n) is 13.9. The molecule has 2 aromatic carbocycles. The lowest BCUT2D eigenvalue weighted by molar-refractivity contribution is -0.122. The summed E-state index contributed by atoms with van der Waals surface area (Å²) >= 11 is 0. The normalized spacial score (nSPS) is 16.4. The first-order valence-corrected chi connectivity index (χ1v) is 7.93. The Bertz CT molecular complexity index is 854. The second-order valence-corrected chi connectivity index (χ2v) is 5.79. The van der Waals surface area contributed by atoms with E-state index in [4.69, 9.17) is 11.2 Å². The van der Waals surface area contributed by atoms with Crippen LogP contribution in [0.25, 0.3) is 0 Å². The maximum absolute atomic E-state index is 12.5. The van der Waals surface area contributed by atoms with Crippen LogP contribution >= 0.6 is 0 Å². The summed E-state index contributed by atoms with van der Waals surface area (Å²) in [5.41, 5.74) is 2.00. The van der Waals surface area contributed by atoms with Crippen LogP contribution in [0.4, 0.5) is 11.4 Å². The number of rotatable bonds is 4. The molecule has 1 fully saturated rings. The van der Waals surface area contributed by atoms with Gasteiger partial charge in [-0.1, -0.05) is 24.1 Å². The van der Waals surface area contributed by atoms with Crippen molar-refractivity contribution in [2.45, 2.75) is 6.42 Å². The van der Waals surface area contributed by atoms with E-state index in [2.05, 4.69) is 11.2 Å². The molecule has 25 heavy (non-hydrogen) atoms. The Morgan fingerprint density at radius 2 is 2.08 bits per heavy atom. The number of para-hydroxylation sites is 2. The summed E-state index contributed by atoms with van der Waals surface area (Å²) in [4.78, 5) is 26.5. The van der Waals surface area contributed by atoms with Crippen LogP contribution < -0.4 is 15.0 Å². The van der Waals surface area contributed by atoms with E-state index < -0.39 is 5.92 Å². The average molecular weight is 334 g/mol. The van der Waals surface area contributed by atoms with Gasteiger partial charge in [0.1, 0.15) is 5.75 Å². The predicted molar refractivity (Wildman–Crippen MR) is 96.5 cm³/mol. The van der Waals surface area contributed by atoms with Crippen LogP contribution in [0.5, 0.6) is 5.75 Å². The van der Waals surface area contributed by atoms with Crippen molar-refractivity contribution >= 4 is 23.2 Å². The van der Waals surface area contributed by atoms with E-state index in [1.54, 1.807) is 42.3 Å². The number of ether oxygens (including phenoxy) is 1. The molecule has 0 radical (unpaired) electrons. The highest BCUT2D eigenvalue weighted by atomic mass is 16.5. The minimum Gasteiger partial charge on any atom is -0.495 e. The molecule has 0 spiro atoms. The quantitative estimate of drug-likeness (QED) is 0.875. The first-order chi connectivity index (χ1) is 12.1. The van der Waals surface area contributed by atoms with E-state index in [1.165, 1.54) is 0 Å². The van der Waals surface area contributed by atoms with Gasteiger partial charge in [0.15, 0.2) is 0 Å². The molecule has 1 atom stereocenters. The van der Waals surface area contributed by atoms with Crippen LogP contribution in [0.15, 0.2) is 48.5 Å². The highest BCUT2D eigenvalue weighted by Gasteiger charge is 2.36. The van der Waals surface area contributed by atoms with Crippen molar-refractivity contribution in [1.29, 1.82) is 0 Å². The summed E-state index contributed by atoms with van der Waals surface area (Å²) in [5.74, 6) is 2.43. The lowest BCUT2D eigenvalue weighted by Crippen LogP contribution is -2.28. The number of hydrogen-bond donors (Lipinski definition) is 1. The third-order valence-electron chi connectivity index (χ3n) is 4.17. The molecular weight excluding hydrogens is 316 g/mol. The Morgan fingerprint density at radius 1 is 1.28 bits per heavy atom. The van der Waals surface area contributed by atoms with Crippen molar-refractivity contribution < 1.29 is 14.3 Å². The van der Waals surface area contributed by atoms with E-state index in [-0.39, 0.29) is 18.2 Å². The second kappa shape index (κ2) is 7.10. The Labute approximate surface area is 146 Å². The summed E-state index contributed by atoms with van der Waals surface area (Å²) in [5, 5.41) is 2.84. The zero-order valence-corrected chi connectivity index (χ0v) is 13.9. The molecule has 0 aliphatic carbocycles. The molecule has 2 aromatic rings. The van der Waals surface area contributed by atoms with Crippen molar-refractivity contribution in [2.75, 3.05) is 23.9 Å². The van der Waals surface area contributed by atoms with Crippen molar-refractivity contribution in [3.05, 3.63) is 54.1 Å². The van der Waals surface area contributed by atoms with Gasteiger partial charge in [0.25, 0.3) is 0 Å². The van der Waals surface area contributed by atoms with E-state index in [0.29, 0.717) is 29.2 Å². The van der Waals surface area contributed by atoms with Gasteiger partial charge in [-0.05, 0) is 30.3 Å². The van der Waals surface area contributed by atoms with Gasteiger partial charge in [0.05, 0.1) is 18.7 Å². The topological polar surface area (TPSA) is 58.6 Å². The molecule has 5 nitrogen and oxygen atoms in total. The molecule has 1 N–H and O–H groups in total. The molecule has 1 saturated heterocycles. The molecule has 1 aliphatic heterocycles. The lowest BCUT2D eigenvalue weighted by Gasteiger charge is -2.19. The SMILES string of the molecule is C#Cc1cccc(NC(=O)C2CC(=O)N(c3ccccc3OC)C2)c1. The fraction of sp³-hybridized carbons (Fsp3) is 0.200. The van der Waals surface area contributed by atoms with Crippen LogP contribution in [0.1, 0.15) is 12.0 Å². The summed E-state index contributed by atoms with van der Waals surface area (Å²) < 4.78 is 5.31. The summed E-state index contributed by atoms with van der Waals surface area (Å²) in [6, 6.07) is 14.4. The molecule has 2 amide bonds. The zero-order chi connectivity index (χ0) is 17.8. The molecule has 5 heteroatoms. The number of terminal acetylenes is 1. The minimum atomic E-state index is -0.424. The summed E-state index contributed by atoms with van der Waals surface area (Å²) in [7, 11) is 1.56. The first kappa shape index (κ1) is 16.6. The van der Waals surface area contributed by atoms with Crippen molar-refractivity contribution in [3.63, 3.8) is 0 Å². The number of hydrogen-bond acceptors (Lipinski definition) is 3. The molecule has 126 valence electrons. The van der Waals surface area contributed by atoms with Gasteiger partial charge in [0, 0.05) is 24.2 Å². The van der Waals surface area contributed by atoms with Crippen molar-refractivity contribution in [3.8, 4) is 18.1 Å². The fourth-order valence-electron chi connectivity index (χ4n) is 2.90. The number of anilines is 2. The second-order valence-electron chi connectivity index (χ2n) is 5.79. The number of carbonyl (C=O) groups is 2. The van der Waals surface area contributed by atoms with Gasteiger partial charge >= 0.3 is 0 Å². The maximum atomic E-state index is 12.5. The monoisotopic (exact) mass is 334 g/mol. The Morgan fingerprint density at radius 3 is 2.84 bits per heavy atom. The maximum Gasteiger partial charge on any atom is 0.229 e. The Hall–Kier alpha value is -3.26. The van der Waals surface area contributed by atoms with E-state index in [1.807, 2.05) is 18.2 Å². The number of benzene rings is 2. The lowest BCUT2D eigenvalue weighted by atomic mass is 10.1. The summed E-state index contributed by atoms with van der Waals surface area (Å²) in [6.07, 6.45) is 5.54. The third-order valence-corrected chi connectivity index (χ3v) is 4.17. The van der Waals surface area contributed by atoms with Gasteiger partial charge in [-0.2, -0.15) is 0 Å². The number of nitrogens with one attached hydrogen (secondary N) is 1. The largest absolute Gasteiger partial charge is 0.495 e. The number of nitrogens with zero attached hydrogens (tertiary/aromatic N) is 1. The third kappa shape index (κ3) is 3.48. The molecule has 3 rings (SSSR count). The molecule has 0 aromatic heterocycles. The first-order valence-electron chi connectivity index (χ1n) is 7.93. The smallest absolute Gasteiger partial charge is 0.229 e. The fourth-order valence-corrected chi connectivity index (χ4v) is 2.90. The van der Waals surface area contributed by atoms with Crippen molar-refractivity contribution in [2.24, 2.45) is 5.92 Å². The molecule has 1 unspecified atom stereocenters. The van der Waals surface area contributed by atoms with Gasteiger partial charge in [-0.15, -0.1) is 6.42 Å². The molecular formula is C20H18N2O3. The average Bonchev–Trinajstić information content (AvgIpc) is 3.03. The van der Waals surface area contributed by atoms with E-state index in [0.717, 1.165) is 0 Å². The number of carbonyl (C=O) groups excluding carboxylic acids is 2. The van der Waals surface area contributed by atoms with Crippen LogP contribution in [-0.2, 0) is 9.59 Å². The van der Waals surface area contributed by atoms with Crippen LogP contribution in [0.3, 0.4) is 0 Å². The van der Waals surface area contributed by atoms with Gasteiger partial charge < -0.3 is 15.0 Å². The standard InChI is InChI=1S/C20H18N2O3/c1-3-14-7-6-8-16(11-14)21-20(24)15-12-19(23)22(13-15)17-9-4-5-10-18(17)25-2/h1,4-11,15H,12-13H2,2H3,(H,21,24). The molecule has 0 saturated carbocycles. The number of amides is 2. The molecule has 1 heterocycles. The van der Waals surface area contributed by atoms with Crippen LogP contribution in [-0.4, -0.2) is 25.5 Å².